The summed E-state index contributed by atoms with van der Waals surface area (Å²) in [5.74, 6) is -0.637. The summed E-state index contributed by atoms with van der Waals surface area (Å²) in [6.45, 7) is 2.41. The second-order valence-electron chi connectivity index (χ2n) is 8.99. The molecule has 1 aliphatic heterocycles. The molecule has 2 aromatic rings. The van der Waals surface area contributed by atoms with Gasteiger partial charge in [-0.25, -0.2) is 4.79 Å². The highest BCUT2D eigenvalue weighted by atomic mass is 35.5. The number of benzene rings is 2. The Kier molecular flexibility index (Phi) is 7.38. The van der Waals surface area contributed by atoms with Gasteiger partial charge in [-0.3, -0.25) is 14.5 Å². The van der Waals surface area contributed by atoms with Crippen LogP contribution in [0.4, 0.5) is 10.5 Å². The molecule has 1 saturated carbocycles. The zero-order chi connectivity index (χ0) is 24.2. The average molecular weight is 484 g/mol. The molecule has 180 valence electrons. The van der Waals surface area contributed by atoms with Crippen molar-refractivity contribution in [2.24, 2.45) is 5.73 Å². The number of hydrogen-bond acceptors (Lipinski definition) is 4. The monoisotopic (exact) mass is 483 g/mol. The number of nitrogens with two attached hydrogens (primary N) is 1. The molecule has 0 aromatic heterocycles. The molecule has 1 aliphatic carbocycles. The van der Waals surface area contributed by atoms with E-state index >= 15 is 0 Å². The van der Waals surface area contributed by atoms with Gasteiger partial charge in [-0.2, -0.15) is 0 Å². The molecule has 34 heavy (non-hydrogen) atoms. The number of anilines is 1. The maximum Gasteiger partial charge on any atom is 0.323 e. The van der Waals surface area contributed by atoms with Crippen molar-refractivity contribution < 1.29 is 14.4 Å². The number of rotatable bonds is 4. The van der Waals surface area contributed by atoms with E-state index in [2.05, 4.69) is 10.6 Å². The number of hydrogen-bond donors (Lipinski definition) is 3. The third kappa shape index (κ3) is 5.51. The molecule has 4 amide bonds. The predicted molar refractivity (Wildman–Crippen MR) is 132 cm³/mol. The number of amides is 4. The van der Waals surface area contributed by atoms with Crippen molar-refractivity contribution in [3.8, 4) is 0 Å². The molecule has 0 spiro atoms. The lowest BCUT2D eigenvalue weighted by atomic mass is 9.92. The van der Waals surface area contributed by atoms with Gasteiger partial charge < -0.3 is 21.3 Å². The van der Waals surface area contributed by atoms with Gasteiger partial charge in [0.25, 0.3) is 11.8 Å². The van der Waals surface area contributed by atoms with Crippen molar-refractivity contribution in [1.82, 2.24) is 15.1 Å². The first kappa shape index (κ1) is 24.0. The molecular formula is C25H30ClN5O3. The fourth-order valence-corrected chi connectivity index (χ4v) is 4.67. The summed E-state index contributed by atoms with van der Waals surface area (Å²) < 4.78 is 0. The van der Waals surface area contributed by atoms with Gasteiger partial charge in [0.2, 0.25) is 0 Å². The predicted octanol–water partition coefficient (Wildman–Crippen LogP) is 3.35. The lowest BCUT2D eigenvalue weighted by Crippen LogP contribution is -2.56. The lowest BCUT2D eigenvalue weighted by Gasteiger charge is -2.32. The van der Waals surface area contributed by atoms with Gasteiger partial charge in [-0.1, -0.05) is 29.3 Å². The zero-order valence-corrected chi connectivity index (χ0v) is 19.9. The van der Waals surface area contributed by atoms with E-state index in [1.165, 1.54) is 9.80 Å². The van der Waals surface area contributed by atoms with E-state index in [1.54, 1.807) is 36.4 Å². The summed E-state index contributed by atoms with van der Waals surface area (Å²) in [6, 6.07) is 13.6. The van der Waals surface area contributed by atoms with E-state index < -0.39 is 12.2 Å². The Balaban J connectivity index is 1.55. The van der Waals surface area contributed by atoms with Crippen LogP contribution < -0.4 is 16.4 Å². The molecule has 4 N–H and O–H groups in total. The van der Waals surface area contributed by atoms with E-state index in [-0.39, 0.29) is 37.0 Å². The van der Waals surface area contributed by atoms with E-state index in [0.29, 0.717) is 16.3 Å². The summed E-state index contributed by atoms with van der Waals surface area (Å²) in [6.07, 6.45) is 2.19. The second kappa shape index (κ2) is 10.4. The molecule has 2 aliphatic rings. The summed E-state index contributed by atoms with van der Waals surface area (Å²) >= 11 is 5.94. The molecule has 1 unspecified atom stereocenters. The molecule has 8 nitrogen and oxygen atoms in total. The molecule has 0 radical (unpaired) electrons. The van der Waals surface area contributed by atoms with Gasteiger partial charge in [0.05, 0.1) is 0 Å². The van der Waals surface area contributed by atoms with Crippen molar-refractivity contribution in [3.05, 3.63) is 64.7 Å². The average Bonchev–Trinajstić information content (AvgIpc) is 3.27. The van der Waals surface area contributed by atoms with Crippen LogP contribution in [0, 0.1) is 6.92 Å². The number of urea groups is 1. The first-order valence-electron chi connectivity index (χ1n) is 11.6. The van der Waals surface area contributed by atoms with Gasteiger partial charge >= 0.3 is 6.03 Å². The van der Waals surface area contributed by atoms with Gasteiger partial charge in [-0.15, -0.1) is 0 Å². The Bertz CT molecular complexity index is 1050. The van der Waals surface area contributed by atoms with Crippen LogP contribution in [0.3, 0.4) is 0 Å². The van der Waals surface area contributed by atoms with Crippen LogP contribution in [-0.4, -0.2) is 59.0 Å². The van der Waals surface area contributed by atoms with Crippen LogP contribution >= 0.6 is 11.6 Å². The molecule has 4 rings (SSSR count). The van der Waals surface area contributed by atoms with Gasteiger partial charge in [-0.05, 0) is 69.0 Å². The number of nitrogens with zero attached hydrogens (tertiary/aromatic N) is 2. The minimum Gasteiger partial charge on any atom is -0.350 e. The Labute approximate surface area is 204 Å². The van der Waals surface area contributed by atoms with Crippen LogP contribution in [0.1, 0.15) is 41.6 Å². The molecule has 0 bridgehead atoms. The van der Waals surface area contributed by atoms with Crippen LogP contribution in [0.15, 0.2) is 48.5 Å². The highest BCUT2D eigenvalue weighted by molar-refractivity contribution is 6.30. The fraction of sp³-hybridized carbons (Fsp3) is 0.400. The van der Waals surface area contributed by atoms with Crippen molar-refractivity contribution >= 4 is 35.1 Å². The van der Waals surface area contributed by atoms with Gasteiger partial charge in [0.1, 0.15) is 0 Å². The first-order chi connectivity index (χ1) is 16.3. The second-order valence-corrected chi connectivity index (χ2v) is 9.43. The van der Waals surface area contributed by atoms with E-state index in [0.717, 1.165) is 31.2 Å². The number of aryl methyl sites for hydroxylation is 1. The van der Waals surface area contributed by atoms with Gasteiger partial charge in [0.15, 0.2) is 6.17 Å². The smallest absolute Gasteiger partial charge is 0.323 e. The lowest BCUT2D eigenvalue weighted by molar-refractivity contribution is -0.128. The number of carbonyl (C=O) groups excluding carboxylic acids is 3. The molecule has 1 heterocycles. The Morgan fingerprint density at radius 2 is 1.65 bits per heavy atom. The maximum atomic E-state index is 13.4. The molecule has 1 atom stereocenters. The third-order valence-corrected chi connectivity index (χ3v) is 6.66. The van der Waals surface area contributed by atoms with Crippen molar-refractivity contribution in [3.63, 3.8) is 0 Å². The normalized spacial score (nSPS) is 22.4. The topological polar surface area (TPSA) is 108 Å². The summed E-state index contributed by atoms with van der Waals surface area (Å²) in [5, 5.41) is 6.42. The highest BCUT2D eigenvalue weighted by Gasteiger charge is 2.43. The molecule has 9 heteroatoms. The van der Waals surface area contributed by atoms with Crippen LogP contribution in [0.5, 0.6) is 0 Å². The zero-order valence-electron chi connectivity index (χ0n) is 19.2. The number of halogens is 1. The first-order valence-corrected chi connectivity index (χ1v) is 12.0. The molecule has 2 fully saturated rings. The Morgan fingerprint density at radius 1 is 0.971 bits per heavy atom. The summed E-state index contributed by atoms with van der Waals surface area (Å²) in [4.78, 5) is 42.9. The van der Waals surface area contributed by atoms with Gasteiger partial charge in [0, 0.05) is 41.4 Å². The Morgan fingerprint density at radius 3 is 2.32 bits per heavy atom. The minimum absolute atomic E-state index is 0.0231. The number of nitrogens with one attached hydrogen (secondary N) is 2. The Hall–Kier alpha value is -3.10. The van der Waals surface area contributed by atoms with Crippen molar-refractivity contribution in [1.29, 1.82) is 0 Å². The molecule has 2 aromatic carbocycles. The van der Waals surface area contributed by atoms with Crippen molar-refractivity contribution in [2.45, 2.75) is 50.9 Å². The van der Waals surface area contributed by atoms with Crippen LogP contribution in [0.2, 0.25) is 5.02 Å². The molecular weight excluding hydrogens is 454 g/mol. The summed E-state index contributed by atoms with van der Waals surface area (Å²) in [5.41, 5.74) is 7.99. The molecule has 1 saturated heterocycles. The third-order valence-electron chi connectivity index (χ3n) is 6.41. The van der Waals surface area contributed by atoms with E-state index in [9.17, 15) is 14.4 Å². The largest absolute Gasteiger partial charge is 0.350 e. The highest BCUT2D eigenvalue weighted by Crippen LogP contribution is 2.23. The minimum atomic E-state index is -1.05. The fourth-order valence-electron chi connectivity index (χ4n) is 4.55. The van der Waals surface area contributed by atoms with Crippen molar-refractivity contribution in [2.75, 3.05) is 18.4 Å². The summed E-state index contributed by atoms with van der Waals surface area (Å²) in [7, 11) is 0. The standard InChI is InChI=1S/C25H30ClN5O3/c1-16-3-2-4-17(15-16)24(33)30-13-14-31(25(34)29-21-9-5-18(26)6-10-21)23(30)22(32)28-20-11-7-19(27)8-12-20/h2-6,9-10,15,19-20,23H,7-8,11-14,27H2,1H3,(H,28,32)(H,29,34). The van der Waals surface area contributed by atoms with E-state index in [4.69, 9.17) is 17.3 Å². The van der Waals surface area contributed by atoms with Crippen LogP contribution in [-0.2, 0) is 4.79 Å². The SMILES string of the molecule is Cc1cccc(C(=O)N2CCN(C(=O)Nc3ccc(Cl)cc3)C2C(=O)NC2CCC(N)CC2)c1. The van der Waals surface area contributed by atoms with Crippen LogP contribution in [0.25, 0.3) is 0 Å². The maximum absolute atomic E-state index is 13.4. The quantitative estimate of drug-likeness (QED) is 0.619. The number of carbonyl (C=O) groups is 3. The van der Waals surface area contributed by atoms with E-state index in [1.807, 2.05) is 19.1 Å².